The molecule has 16 nitrogen and oxygen atoms in total. The van der Waals surface area contributed by atoms with Crippen LogP contribution in [0.25, 0.3) is 11.2 Å². The van der Waals surface area contributed by atoms with Crippen LogP contribution in [0.3, 0.4) is 0 Å². The molecule has 7 rings (SSSR count). The van der Waals surface area contributed by atoms with Crippen LogP contribution in [-0.4, -0.2) is 66.9 Å². The van der Waals surface area contributed by atoms with Gasteiger partial charge >= 0.3 is 17.9 Å². The molecular formula is C39H32N6O10. The number of nitrogens with zero attached hydrogens (tertiary/aromatic N) is 5. The van der Waals surface area contributed by atoms with Crippen molar-refractivity contribution >= 4 is 40.7 Å². The van der Waals surface area contributed by atoms with Gasteiger partial charge in [-0.2, -0.15) is 4.98 Å². The molecular weight excluding hydrogens is 712 g/mol. The molecule has 0 spiro atoms. The lowest BCUT2D eigenvalue weighted by Crippen LogP contribution is -2.41. The Morgan fingerprint density at radius 1 is 0.782 bits per heavy atom. The first-order chi connectivity index (χ1) is 26.7. The fraction of sp³-hybridized carbons (Fsp3) is 0.179. The predicted octanol–water partition coefficient (Wildman–Crippen LogP) is 4.53. The topological polar surface area (TPSA) is 210 Å². The average molecular weight is 745 g/mol. The number of aryl methyl sites for hydroxylation is 1. The highest BCUT2D eigenvalue weighted by molar-refractivity contribution is 5.91. The van der Waals surface area contributed by atoms with E-state index in [0.29, 0.717) is 5.56 Å². The second-order valence-electron chi connectivity index (χ2n) is 12.4. The summed E-state index contributed by atoms with van der Waals surface area (Å²) in [4.78, 5) is 73.6. The normalized spacial score (nSPS) is 17.7. The molecule has 4 atom stereocenters. The molecule has 55 heavy (non-hydrogen) atoms. The van der Waals surface area contributed by atoms with Crippen LogP contribution in [-0.2, 0) is 31.9 Å². The molecule has 1 saturated heterocycles. The largest absolute Gasteiger partial charge is 0.459 e. The lowest BCUT2D eigenvalue weighted by Gasteiger charge is -2.25. The minimum Gasteiger partial charge on any atom is -0.459 e. The van der Waals surface area contributed by atoms with Crippen molar-refractivity contribution in [1.29, 1.82) is 0 Å². The van der Waals surface area contributed by atoms with Crippen molar-refractivity contribution < 1.29 is 38.3 Å². The molecule has 0 saturated carbocycles. The van der Waals surface area contributed by atoms with E-state index >= 15 is 0 Å². The monoisotopic (exact) mass is 744 g/mol. The summed E-state index contributed by atoms with van der Waals surface area (Å²) in [6.45, 7) is -0.391. The smallest absolute Gasteiger partial charge is 0.338 e. The summed E-state index contributed by atoms with van der Waals surface area (Å²) < 4.78 is 26.6. The fourth-order valence-electron chi connectivity index (χ4n) is 6.16. The summed E-state index contributed by atoms with van der Waals surface area (Å²) in [7, 11) is 0. The zero-order valence-corrected chi connectivity index (χ0v) is 28.9. The molecule has 0 bridgehead atoms. The number of rotatable bonds is 12. The standard InChI is InChI=1S/C39H32N6O10/c40-39-42-33-30(34(46)43(39)21-20-24-16-18-28(19-17-24)45(50)51)44(23-41-33)35-32(55-38(49)27-14-8-3-9-15-27)31(54-37(48)26-12-6-2-7-13-26)29(53-35)22-52-36(47)25-10-4-1-5-11-25/h1-19,23,29,31-32,35H,20-22H2,(H2,40,42)/t29-,31?,32?,35-/m1/s1. The van der Waals surface area contributed by atoms with Gasteiger partial charge in [0.05, 0.1) is 21.6 Å². The maximum absolute atomic E-state index is 14.2. The highest BCUT2D eigenvalue weighted by Crippen LogP contribution is 2.36. The highest BCUT2D eigenvalue weighted by Gasteiger charge is 2.52. The van der Waals surface area contributed by atoms with E-state index in [-0.39, 0.29) is 52.5 Å². The van der Waals surface area contributed by atoms with Gasteiger partial charge in [0.15, 0.2) is 29.6 Å². The molecule has 278 valence electrons. The van der Waals surface area contributed by atoms with E-state index in [9.17, 15) is 29.3 Å². The van der Waals surface area contributed by atoms with E-state index in [4.69, 9.17) is 24.7 Å². The van der Waals surface area contributed by atoms with Gasteiger partial charge in [-0.1, -0.05) is 66.7 Å². The first-order valence-corrected chi connectivity index (χ1v) is 17.0. The minimum absolute atomic E-state index is 0.0393. The van der Waals surface area contributed by atoms with Crippen LogP contribution in [0.4, 0.5) is 11.6 Å². The van der Waals surface area contributed by atoms with Crippen molar-refractivity contribution in [1.82, 2.24) is 19.1 Å². The molecule has 4 aromatic carbocycles. The average Bonchev–Trinajstić information content (AvgIpc) is 3.78. The summed E-state index contributed by atoms with van der Waals surface area (Å²) in [6.07, 6.45) is -3.80. The summed E-state index contributed by atoms with van der Waals surface area (Å²) in [6, 6.07) is 30.3. The molecule has 1 fully saturated rings. The van der Waals surface area contributed by atoms with Gasteiger partial charge in [0.25, 0.3) is 11.2 Å². The molecule has 16 heteroatoms. The number of aromatic nitrogens is 4. The van der Waals surface area contributed by atoms with E-state index < -0.39 is 59.5 Å². The molecule has 1 aliphatic rings. The van der Waals surface area contributed by atoms with E-state index in [1.165, 1.54) is 27.6 Å². The number of nitro groups is 1. The number of non-ortho nitro benzene ring substituents is 1. The quantitative estimate of drug-likeness (QED) is 0.0791. The molecule has 3 heterocycles. The summed E-state index contributed by atoms with van der Waals surface area (Å²) >= 11 is 0. The van der Waals surface area contributed by atoms with Crippen LogP contribution in [0.5, 0.6) is 0 Å². The summed E-state index contributed by atoms with van der Waals surface area (Å²) in [5.41, 5.74) is 6.76. The number of benzene rings is 4. The number of anilines is 1. The number of ether oxygens (including phenoxy) is 4. The molecule has 0 radical (unpaired) electrons. The SMILES string of the molecule is Nc1nc2ncn([C@@H]3O[C@H](COC(=O)c4ccccc4)C(OC(=O)c4ccccc4)C3OC(=O)c3ccccc3)c2c(=O)n1CCc1ccc([N+](=O)[O-])cc1. The molecule has 6 aromatic rings. The number of nitrogen functional groups attached to an aromatic ring is 1. The highest BCUT2D eigenvalue weighted by atomic mass is 16.7. The van der Waals surface area contributed by atoms with Gasteiger partial charge in [0.2, 0.25) is 5.95 Å². The molecule has 0 amide bonds. The maximum atomic E-state index is 14.2. The zero-order valence-electron chi connectivity index (χ0n) is 28.9. The summed E-state index contributed by atoms with van der Waals surface area (Å²) in [5.74, 6) is -2.37. The Hall–Kier alpha value is -7.20. The molecule has 0 aliphatic carbocycles. The fourth-order valence-corrected chi connectivity index (χ4v) is 6.16. The minimum atomic E-state index is -1.41. The Morgan fingerprint density at radius 3 is 1.89 bits per heavy atom. The molecule has 2 aromatic heterocycles. The maximum Gasteiger partial charge on any atom is 0.338 e. The van der Waals surface area contributed by atoms with Crippen molar-refractivity contribution in [3.63, 3.8) is 0 Å². The van der Waals surface area contributed by atoms with E-state index in [2.05, 4.69) is 9.97 Å². The predicted molar refractivity (Wildman–Crippen MR) is 195 cm³/mol. The van der Waals surface area contributed by atoms with Gasteiger partial charge in [-0.25, -0.2) is 19.4 Å². The zero-order chi connectivity index (χ0) is 38.5. The summed E-state index contributed by atoms with van der Waals surface area (Å²) in [5, 5.41) is 11.1. The van der Waals surface area contributed by atoms with Gasteiger partial charge in [-0.3, -0.25) is 24.0 Å². The van der Waals surface area contributed by atoms with Gasteiger partial charge < -0.3 is 24.7 Å². The third-order valence-electron chi connectivity index (χ3n) is 8.94. The van der Waals surface area contributed by atoms with Crippen LogP contribution >= 0.6 is 0 Å². The van der Waals surface area contributed by atoms with E-state index in [1.54, 1.807) is 103 Å². The lowest BCUT2D eigenvalue weighted by molar-refractivity contribution is -0.384. The van der Waals surface area contributed by atoms with Crippen molar-refractivity contribution in [2.24, 2.45) is 0 Å². The Bertz CT molecular complexity index is 2400. The van der Waals surface area contributed by atoms with Gasteiger partial charge in [-0.05, 0) is 48.4 Å². The van der Waals surface area contributed by atoms with Crippen LogP contribution in [0.1, 0.15) is 42.9 Å². The first kappa shape index (κ1) is 36.2. The number of hydrogen-bond acceptors (Lipinski definition) is 13. The van der Waals surface area contributed by atoms with Gasteiger partial charge in [-0.15, -0.1) is 0 Å². The van der Waals surface area contributed by atoms with E-state index in [1.807, 2.05) is 0 Å². The number of esters is 3. The van der Waals surface area contributed by atoms with Crippen LogP contribution in [0.2, 0.25) is 0 Å². The Morgan fingerprint density at radius 2 is 1.33 bits per heavy atom. The van der Waals surface area contributed by atoms with Crippen molar-refractivity contribution in [2.45, 2.75) is 37.5 Å². The third-order valence-corrected chi connectivity index (χ3v) is 8.94. The lowest BCUT2D eigenvalue weighted by atomic mass is 10.1. The van der Waals surface area contributed by atoms with Crippen molar-refractivity contribution in [3.8, 4) is 0 Å². The Balaban J connectivity index is 1.26. The van der Waals surface area contributed by atoms with Crippen molar-refractivity contribution in [2.75, 3.05) is 12.3 Å². The van der Waals surface area contributed by atoms with Crippen LogP contribution in [0, 0.1) is 10.1 Å². The number of carbonyl (C=O) groups excluding carboxylic acids is 3. The number of imidazole rings is 1. The Kier molecular flexibility index (Phi) is 10.4. The van der Waals surface area contributed by atoms with Crippen molar-refractivity contribution in [3.05, 3.63) is 164 Å². The molecule has 1 aliphatic heterocycles. The third kappa shape index (κ3) is 7.79. The number of carbonyl (C=O) groups is 3. The number of fused-ring (bicyclic) bond motifs is 1. The number of nitrogens with two attached hydrogens (primary N) is 1. The second-order valence-corrected chi connectivity index (χ2v) is 12.4. The second kappa shape index (κ2) is 15.8. The number of hydrogen-bond donors (Lipinski definition) is 1. The number of nitro benzene ring substituents is 1. The van der Waals surface area contributed by atoms with Crippen LogP contribution < -0.4 is 11.3 Å². The Labute approximate surface area is 311 Å². The molecule has 2 unspecified atom stereocenters. The van der Waals surface area contributed by atoms with Gasteiger partial charge in [0.1, 0.15) is 19.0 Å². The molecule has 2 N–H and O–H groups in total. The van der Waals surface area contributed by atoms with E-state index in [0.717, 1.165) is 0 Å². The first-order valence-electron chi connectivity index (χ1n) is 17.0. The van der Waals surface area contributed by atoms with Gasteiger partial charge in [0, 0.05) is 18.7 Å². The van der Waals surface area contributed by atoms with Crippen LogP contribution in [0.15, 0.2) is 126 Å².